The smallest absolute Gasteiger partial charge is 0.326 e. The Balaban J connectivity index is 1.68. The van der Waals surface area contributed by atoms with Gasteiger partial charge < -0.3 is 30.9 Å². The van der Waals surface area contributed by atoms with Crippen LogP contribution in [0.15, 0.2) is 30.5 Å². The highest BCUT2D eigenvalue weighted by atomic mass is 19.1. The zero-order valence-corrected chi connectivity index (χ0v) is 24.1. The molecule has 0 spiro atoms. The van der Waals surface area contributed by atoms with Crippen molar-refractivity contribution in [1.29, 1.82) is 0 Å². The summed E-state index contributed by atoms with van der Waals surface area (Å²) in [6.07, 6.45) is 4.47. The Morgan fingerprint density at radius 2 is 1.65 bits per heavy atom. The summed E-state index contributed by atoms with van der Waals surface area (Å²) in [5, 5.41) is 40.5. The van der Waals surface area contributed by atoms with Gasteiger partial charge in [0.2, 0.25) is 5.91 Å². The number of benzene rings is 1. The van der Waals surface area contributed by atoms with E-state index < -0.39 is 49.1 Å². The molecular weight excluding hydrogens is 567 g/mol. The maximum Gasteiger partial charge on any atom is 0.326 e. The first kappa shape index (κ1) is 34.6. The number of hydrogen-bond donors (Lipinski definition) is 5. The molecule has 0 aliphatic heterocycles. The van der Waals surface area contributed by atoms with Crippen LogP contribution in [0.4, 0.5) is 9.18 Å². The van der Waals surface area contributed by atoms with Gasteiger partial charge in [-0.25, -0.2) is 19.1 Å². The molecule has 236 valence electrons. The van der Waals surface area contributed by atoms with Gasteiger partial charge in [0.15, 0.2) is 0 Å². The van der Waals surface area contributed by atoms with Crippen molar-refractivity contribution in [3.8, 4) is 5.69 Å². The molecule has 2 rings (SSSR count). The number of nitrogens with one attached hydrogen (secondary N) is 2. The van der Waals surface area contributed by atoms with Crippen molar-refractivity contribution in [1.82, 2.24) is 30.5 Å². The minimum Gasteiger partial charge on any atom is -0.481 e. The number of carbonyl (C=O) groups excluding carboxylic acids is 2. The first-order valence-electron chi connectivity index (χ1n) is 14.1. The molecule has 1 heterocycles. The van der Waals surface area contributed by atoms with Crippen LogP contribution in [-0.4, -0.2) is 97.4 Å². The molecule has 2 atom stereocenters. The van der Waals surface area contributed by atoms with Crippen molar-refractivity contribution in [3.05, 3.63) is 41.7 Å². The third-order valence-corrected chi connectivity index (χ3v) is 6.72. The van der Waals surface area contributed by atoms with Crippen molar-refractivity contribution in [2.75, 3.05) is 20.3 Å². The molecule has 0 radical (unpaired) electrons. The third kappa shape index (κ3) is 12.5. The van der Waals surface area contributed by atoms with Gasteiger partial charge in [0.05, 0.1) is 24.3 Å². The van der Waals surface area contributed by atoms with E-state index in [-0.39, 0.29) is 18.7 Å². The SMILES string of the molecule is CN(C(=O)N[C@@H](CCC(=O)O)C(=O)O)[C@@H](CCCCNC(=O)CCCc1ccc(-n2cc(CCCF)nn2)cc1)C(=O)O. The first-order chi connectivity index (χ1) is 20.5. The molecule has 43 heavy (non-hydrogen) atoms. The zero-order valence-electron chi connectivity index (χ0n) is 24.1. The Labute approximate surface area is 248 Å². The number of carbonyl (C=O) groups is 5. The topological polar surface area (TPSA) is 204 Å². The number of unbranched alkanes of at least 4 members (excludes halogenated alkanes) is 1. The molecule has 0 saturated heterocycles. The summed E-state index contributed by atoms with van der Waals surface area (Å²) >= 11 is 0. The van der Waals surface area contributed by atoms with Crippen LogP contribution in [0.2, 0.25) is 0 Å². The molecule has 0 saturated carbocycles. The van der Waals surface area contributed by atoms with Crippen LogP contribution in [0.1, 0.15) is 62.6 Å². The number of halogens is 1. The second-order valence-corrected chi connectivity index (χ2v) is 10.1. The van der Waals surface area contributed by atoms with Crippen LogP contribution in [0, 0.1) is 0 Å². The van der Waals surface area contributed by atoms with E-state index >= 15 is 0 Å². The van der Waals surface area contributed by atoms with Crippen molar-refractivity contribution in [2.45, 2.75) is 76.3 Å². The predicted octanol–water partition coefficient (Wildman–Crippen LogP) is 2.19. The van der Waals surface area contributed by atoms with Crippen molar-refractivity contribution < 1.29 is 43.7 Å². The van der Waals surface area contributed by atoms with Gasteiger partial charge in [0, 0.05) is 26.4 Å². The van der Waals surface area contributed by atoms with Gasteiger partial charge in [-0.05, 0) is 69.1 Å². The van der Waals surface area contributed by atoms with E-state index in [2.05, 4.69) is 20.9 Å². The third-order valence-electron chi connectivity index (χ3n) is 6.72. The molecule has 0 bridgehead atoms. The Morgan fingerprint density at radius 1 is 0.930 bits per heavy atom. The predicted molar refractivity (Wildman–Crippen MR) is 151 cm³/mol. The summed E-state index contributed by atoms with van der Waals surface area (Å²) in [6.45, 7) is -0.0663. The number of urea groups is 1. The van der Waals surface area contributed by atoms with Gasteiger partial charge in [-0.2, -0.15) is 0 Å². The molecule has 5 N–H and O–H groups in total. The summed E-state index contributed by atoms with van der Waals surface area (Å²) in [6, 6.07) is 4.06. The van der Waals surface area contributed by atoms with Gasteiger partial charge in [0.25, 0.3) is 0 Å². The lowest BCUT2D eigenvalue weighted by Gasteiger charge is -2.26. The fourth-order valence-corrected chi connectivity index (χ4v) is 4.23. The molecule has 2 aromatic rings. The fourth-order valence-electron chi connectivity index (χ4n) is 4.23. The molecule has 1 aromatic heterocycles. The minimum absolute atomic E-state index is 0.0749. The van der Waals surface area contributed by atoms with Crippen LogP contribution in [-0.2, 0) is 32.0 Å². The highest BCUT2D eigenvalue weighted by Gasteiger charge is 2.29. The van der Waals surface area contributed by atoms with Crippen LogP contribution in [0.3, 0.4) is 0 Å². The van der Waals surface area contributed by atoms with E-state index in [0.717, 1.165) is 21.8 Å². The lowest BCUT2D eigenvalue weighted by Crippen LogP contribution is -2.52. The number of carboxylic acids is 3. The van der Waals surface area contributed by atoms with E-state index in [4.69, 9.17) is 5.11 Å². The second-order valence-electron chi connectivity index (χ2n) is 10.1. The molecular formula is C28H39FN6O8. The number of aliphatic carboxylic acids is 3. The van der Waals surface area contributed by atoms with Crippen molar-refractivity contribution in [3.63, 3.8) is 0 Å². The average molecular weight is 607 g/mol. The molecule has 14 nitrogen and oxygen atoms in total. The van der Waals surface area contributed by atoms with E-state index in [0.29, 0.717) is 51.5 Å². The Kier molecular flexibility index (Phi) is 14.6. The number of alkyl halides is 1. The molecule has 1 aromatic carbocycles. The summed E-state index contributed by atoms with van der Waals surface area (Å²) < 4.78 is 14.0. The summed E-state index contributed by atoms with van der Waals surface area (Å²) in [7, 11) is 1.22. The summed E-state index contributed by atoms with van der Waals surface area (Å²) in [5.74, 6) is -4.05. The van der Waals surface area contributed by atoms with Gasteiger partial charge in [0.1, 0.15) is 12.1 Å². The second kappa shape index (κ2) is 18.1. The number of aromatic nitrogens is 3. The number of hydrogen-bond acceptors (Lipinski definition) is 7. The van der Waals surface area contributed by atoms with Crippen LogP contribution >= 0.6 is 0 Å². The average Bonchev–Trinajstić information content (AvgIpc) is 3.44. The number of rotatable bonds is 20. The fraction of sp³-hybridized carbons (Fsp3) is 0.536. The van der Waals surface area contributed by atoms with Crippen molar-refractivity contribution >= 4 is 29.8 Å². The summed E-state index contributed by atoms with van der Waals surface area (Å²) in [5.41, 5.74) is 2.61. The maximum atomic E-state index is 12.4. The number of nitrogens with zero attached hydrogens (tertiary/aromatic N) is 4. The standard InChI is InChI=1S/C28H39FN6O8/c1-34(28(43)31-22(26(39)40)14-15-25(37)38)23(27(41)42)8-2-3-17-30-24(36)9-4-6-19-10-12-21(13-11-19)35-18-20(32-33-35)7-5-16-29/h10-13,18,22-23H,2-9,14-17H2,1H3,(H,30,36)(H,31,43)(H,37,38)(H,39,40)(H,41,42)/t22-,23-/m0/s1. The van der Waals surface area contributed by atoms with Gasteiger partial charge in [-0.15, -0.1) is 5.10 Å². The van der Waals surface area contributed by atoms with Gasteiger partial charge >= 0.3 is 23.9 Å². The normalized spacial score (nSPS) is 12.2. The number of carboxylic acid groups (broad SMARTS) is 3. The lowest BCUT2D eigenvalue weighted by molar-refractivity contribution is -0.142. The largest absolute Gasteiger partial charge is 0.481 e. The van der Waals surface area contributed by atoms with E-state index in [1.165, 1.54) is 7.05 Å². The Bertz CT molecular complexity index is 1220. The van der Waals surface area contributed by atoms with E-state index in [1.54, 1.807) is 10.9 Å². The van der Waals surface area contributed by atoms with Crippen LogP contribution < -0.4 is 10.6 Å². The highest BCUT2D eigenvalue weighted by Crippen LogP contribution is 2.13. The zero-order chi connectivity index (χ0) is 31.8. The van der Waals surface area contributed by atoms with Crippen LogP contribution in [0.5, 0.6) is 0 Å². The maximum absolute atomic E-state index is 12.4. The van der Waals surface area contributed by atoms with E-state index in [1.807, 2.05) is 24.3 Å². The number of amides is 3. The molecule has 0 unspecified atom stereocenters. The van der Waals surface area contributed by atoms with Gasteiger partial charge in [-0.3, -0.25) is 14.0 Å². The monoisotopic (exact) mass is 606 g/mol. The summed E-state index contributed by atoms with van der Waals surface area (Å²) in [4.78, 5) is 59.2. The lowest BCUT2D eigenvalue weighted by atomic mass is 10.1. The van der Waals surface area contributed by atoms with Crippen LogP contribution in [0.25, 0.3) is 5.69 Å². The van der Waals surface area contributed by atoms with Gasteiger partial charge in [-0.1, -0.05) is 17.3 Å². The molecule has 3 amide bonds. The highest BCUT2D eigenvalue weighted by molar-refractivity contribution is 5.86. The molecule has 0 fully saturated rings. The van der Waals surface area contributed by atoms with E-state index in [9.17, 15) is 38.6 Å². The molecule has 0 aliphatic carbocycles. The number of aryl methyl sites for hydroxylation is 2. The quantitative estimate of drug-likeness (QED) is 0.139. The Hall–Kier alpha value is -4.56. The minimum atomic E-state index is -1.47. The molecule has 15 heteroatoms. The first-order valence-corrected chi connectivity index (χ1v) is 14.1. The van der Waals surface area contributed by atoms with Crippen molar-refractivity contribution in [2.24, 2.45) is 0 Å². The number of likely N-dealkylation sites (N-methyl/N-ethyl adjacent to an activating group) is 1. The molecule has 0 aliphatic rings. The Morgan fingerprint density at radius 3 is 2.28 bits per heavy atom.